The first-order valence-corrected chi connectivity index (χ1v) is 5.43. The van der Waals surface area contributed by atoms with Gasteiger partial charge in [-0.05, 0) is 12.8 Å². The second-order valence-corrected chi connectivity index (χ2v) is 3.91. The molecule has 0 aromatic rings. The van der Waals surface area contributed by atoms with Gasteiger partial charge in [0.05, 0.1) is 0 Å². The highest BCUT2D eigenvalue weighted by Crippen LogP contribution is 2.00. The summed E-state index contributed by atoms with van der Waals surface area (Å²) in [6, 6.07) is 0. The first-order valence-electron chi connectivity index (χ1n) is 5.43. The molecule has 4 nitrogen and oxygen atoms in total. The van der Waals surface area contributed by atoms with Gasteiger partial charge in [-0.1, -0.05) is 6.92 Å². The van der Waals surface area contributed by atoms with Gasteiger partial charge in [0.25, 0.3) is 0 Å². The van der Waals surface area contributed by atoms with Gasteiger partial charge < -0.3 is 9.80 Å². The number of carbonyl (C=O) groups is 2. The highest BCUT2D eigenvalue weighted by molar-refractivity contribution is 5.76. The lowest BCUT2D eigenvalue weighted by Gasteiger charge is -2.16. The molecule has 0 saturated carbocycles. The van der Waals surface area contributed by atoms with Crippen LogP contribution in [0.5, 0.6) is 0 Å². The fourth-order valence-electron chi connectivity index (χ4n) is 1.24. The molecular formula is C11H22N2O2. The smallest absolute Gasteiger partial charge is 0.222 e. The summed E-state index contributed by atoms with van der Waals surface area (Å²) < 4.78 is 0. The predicted molar refractivity (Wildman–Crippen MR) is 60.5 cm³/mol. The molecule has 2 amide bonds. The standard InChI is InChI=1S/C11H22N2O2/c1-5-10(14)13(4)9-7-6-8-11(15)12(2)3/h5-9H2,1-4H3. The Morgan fingerprint density at radius 2 is 1.60 bits per heavy atom. The minimum Gasteiger partial charge on any atom is -0.349 e. The van der Waals surface area contributed by atoms with Crippen LogP contribution in [0.15, 0.2) is 0 Å². The van der Waals surface area contributed by atoms with Crippen molar-refractivity contribution in [3.63, 3.8) is 0 Å². The van der Waals surface area contributed by atoms with Crippen molar-refractivity contribution in [2.24, 2.45) is 0 Å². The van der Waals surface area contributed by atoms with Gasteiger partial charge in [-0.15, -0.1) is 0 Å². The second-order valence-electron chi connectivity index (χ2n) is 3.91. The molecule has 0 fully saturated rings. The van der Waals surface area contributed by atoms with E-state index in [9.17, 15) is 9.59 Å². The summed E-state index contributed by atoms with van der Waals surface area (Å²) in [4.78, 5) is 25.7. The average Bonchev–Trinajstić information content (AvgIpc) is 2.22. The Morgan fingerprint density at radius 3 is 2.07 bits per heavy atom. The van der Waals surface area contributed by atoms with Crippen molar-refractivity contribution in [3.8, 4) is 0 Å². The lowest BCUT2D eigenvalue weighted by atomic mass is 10.2. The Balaban J connectivity index is 3.54. The van der Waals surface area contributed by atoms with E-state index in [1.165, 1.54) is 0 Å². The third-order valence-electron chi connectivity index (χ3n) is 2.36. The van der Waals surface area contributed by atoms with Crippen LogP contribution in [-0.2, 0) is 9.59 Å². The van der Waals surface area contributed by atoms with Crippen molar-refractivity contribution in [3.05, 3.63) is 0 Å². The molecule has 15 heavy (non-hydrogen) atoms. The topological polar surface area (TPSA) is 40.6 Å². The van der Waals surface area contributed by atoms with Crippen LogP contribution in [0.1, 0.15) is 32.6 Å². The first kappa shape index (κ1) is 13.9. The van der Waals surface area contributed by atoms with E-state index in [0.29, 0.717) is 12.8 Å². The molecule has 88 valence electrons. The van der Waals surface area contributed by atoms with Gasteiger partial charge in [-0.2, -0.15) is 0 Å². The van der Waals surface area contributed by atoms with Gasteiger partial charge in [0, 0.05) is 40.5 Å². The molecular weight excluding hydrogens is 192 g/mol. The number of hydrogen-bond acceptors (Lipinski definition) is 2. The van der Waals surface area contributed by atoms with Crippen LogP contribution in [0.3, 0.4) is 0 Å². The van der Waals surface area contributed by atoms with Crippen LogP contribution in [0.4, 0.5) is 0 Å². The molecule has 4 heteroatoms. The summed E-state index contributed by atoms with van der Waals surface area (Å²) >= 11 is 0. The lowest BCUT2D eigenvalue weighted by Crippen LogP contribution is -2.27. The minimum absolute atomic E-state index is 0.152. The molecule has 0 saturated heterocycles. The predicted octanol–water partition coefficient (Wildman–Crippen LogP) is 1.11. The Labute approximate surface area is 92.2 Å². The van der Waals surface area contributed by atoms with Gasteiger partial charge in [0.2, 0.25) is 11.8 Å². The Hall–Kier alpha value is -1.06. The molecule has 0 heterocycles. The molecule has 0 spiro atoms. The Bertz CT molecular complexity index is 215. The third-order valence-corrected chi connectivity index (χ3v) is 2.36. The fourth-order valence-corrected chi connectivity index (χ4v) is 1.24. The van der Waals surface area contributed by atoms with Crippen LogP contribution in [0.25, 0.3) is 0 Å². The number of hydrogen-bond donors (Lipinski definition) is 0. The van der Waals surface area contributed by atoms with Crippen molar-refractivity contribution < 1.29 is 9.59 Å². The van der Waals surface area contributed by atoms with Crippen LogP contribution >= 0.6 is 0 Å². The molecule has 0 atom stereocenters. The molecule has 0 aromatic heterocycles. The second kappa shape index (κ2) is 7.26. The summed E-state index contributed by atoms with van der Waals surface area (Å²) in [5.74, 6) is 0.313. The van der Waals surface area contributed by atoms with E-state index in [1.54, 1.807) is 30.9 Å². The van der Waals surface area contributed by atoms with E-state index < -0.39 is 0 Å². The zero-order chi connectivity index (χ0) is 11.8. The van der Waals surface area contributed by atoms with Gasteiger partial charge in [-0.25, -0.2) is 0 Å². The molecule has 0 rings (SSSR count). The summed E-state index contributed by atoms with van der Waals surface area (Å²) in [7, 11) is 5.32. The largest absolute Gasteiger partial charge is 0.349 e. The number of unbranched alkanes of at least 4 members (excludes halogenated alkanes) is 1. The van der Waals surface area contributed by atoms with E-state index in [4.69, 9.17) is 0 Å². The van der Waals surface area contributed by atoms with Crippen molar-refractivity contribution >= 4 is 11.8 Å². The minimum atomic E-state index is 0.152. The van der Waals surface area contributed by atoms with E-state index in [2.05, 4.69) is 0 Å². The molecule has 0 unspecified atom stereocenters. The number of nitrogens with zero attached hydrogens (tertiary/aromatic N) is 2. The molecule has 0 N–H and O–H groups in total. The van der Waals surface area contributed by atoms with Crippen LogP contribution < -0.4 is 0 Å². The van der Waals surface area contributed by atoms with E-state index in [1.807, 2.05) is 6.92 Å². The molecule has 0 bridgehead atoms. The van der Waals surface area contributed by atoms with Crippen molar-refractivity contribution in [1.82, 2.24) is 9.80 Å². The van der Waals surface area contributed by atoms with E-state index in [0.717, 1.165) is 19.4 Å². The zero-order valence-electron chi connectivity index (χ0n) is 10.2. The first-order chi connectivity index (χ1) is 6.99. The average molecular weight is 214 g/mol. The van der Waals surface area contributed by atoms with Crippen molar-refractivity contribution in [2.75, 3.05) is 27.7 Å². The van der Waals surface area contributed by atoms with Gasteiger partial charge in [0.1, 0.15) is 0 Å². The summed E-state index contributed by atoms with van der Waals surface area (Å²) in [5, 5.41) is 0. The molecule has 0 aliphatic rings. The molecule has 0 aliphatic carbocycles. The molecule has 0 aromatic carbocycles. The Morgan fingerprint density at radius 1 is 1.00 bits per heavy atom. The van der Waals surface area contributed by atoms with Crippen molar-refractivity contribution in [2.45, 2.75) is 32.6 Å². The fraction of sp³-hybridized carbons (Fsp3) is 0.818. The summed E-state index contributed by atoms with van der Waals surface area (Å²) in [6.45, 7) is 2.60. The normalized spacial score (nSPS) is 9.87. The summed E-state index contributed by atoms with van der Waals surface area (Å²) in [5.41, 5.74) is 0. The lowest BCUT2D eigenvalue weighted by molar-refractivity contribution is -0.129. The van der Waals surface area contributed by atoms with Gasteiger partial charge >= 0.3 is 0 Å². The van der Waals surface area contributed by atoms with E-state index >= 15 is 0 Å². The monoisotopic (exact) mass is 214 g/mol. The highest BCUT2D eigenvalue weighted by Gasteiger charge is 2.06. The number of amides is 2. The maximum atomic E-state index is 11.2. The van der Waals surface area contributed by atoms with Crippen LogP contribution in [-0.4, -0.2) is 49.3 Å². The summed E-state index contributed by atoms with van der Waals surface area (Å²) in [6.07, 6.45) is 2.86. The third kappa shape index (κ3) is 6.10. The Kier molecular flexibility index (Phi) is 6.75. The van der Waals surface area contributed by atoms with Crippen LogP contribution in [0, 0.1) is 0 Å². The number of rotatable bonds is 6. The molecule has 0 radical (unpaired) electrons. The van der Waals surface area contributed by atoms with Crippen molar-refractivity contribution in [1.29, 1.82) is 0 Å². The quantitative estimate of drug-likeness (QED) is 0.621. The maximum Gasteiger partial charge on any atom is 0.222 e. The van der Waals surface area contributed by atoms with Gasteiger partial charge in [0.15, 0.2) is 0 Å². The van der Waals surface area contributed by atoms with E-state index in [-0.39, 0.29) is 11.8 Å². The van der Waals surface area contributed by atoms with Gasteiger partial charge in [-0.3, -0.25) is 9.59 Å². The maximum absolute atomic E-state index is 11.2. The SMILES string of the molecule is CCC(=O)N(C)CCCCC(=O)N(C)C. The number of carbonyl (C=O) groups excluding carboxylic acids is 2. The molecule has 0 aliphatic heterocycles. The van der Waals surface area contributed by atoms with Crippen LogP contribution in [0.2, 0.25) is 0 Å². The zero-order valence-corrected chi connectivity index (χ0v) is 10.2. The highest BCUT2D eigenvalue weighted by atomic mass is 16.2.